The van der Waals surface area contributed by atoms with Gasteiger partial charge in [-0.1, -0.05) is 54.0 Å². The fraction of sp³-hybridized carbons (Fsp3) is 0.240. The molecule has 0 aliphatic rings. The number of hydrogen-bond donors (Lipinski definition) is 0. The molecule has 0 heterocycles. The van der Waals surface area contributed by atoms with Gasteiger partial charge in [0, 0.05) is 23.1 Å². The van der Waals surface area contributed by atoms with Crippen LogP contribution < -0.4 is 4.18 Å². The molecule has 0 aromatic heterocycles. The number of benzene rings is 3. The molecule has 0 unspecified atom stereocenters. The number of rotatable bonds is 8. The van der Waals surface area contributed by atoms with Crippen molar-refractivity contribution < 1.29 is 30.6 Å². The largest absolute Gasteiger partial charge is 0.416 e. The minimum Gasteiger partial charge on any atom is -0.379 e. The molecule has 0 saturated carbocycles. The monoisotopic (exact) mass is 569 g/mol. The van der Waals surface area contributed by atoms with Gasteiger partial charge in [-0.15, -0.1) is 0 Å². The van der Waals surface area contributed by atoms with Crippen LogP contribution in [0, 0.1) is 5.92 Å². The van der Waals surface area contributed by atoms with Crippen molar-refractivity contribution in [1.29, 1.82) is 0 Å². The molecule has 0 atom stereocenters. The van der Waals surface area contributed by atoms with Gasteiger partial charge in [0.05, 0.1) is 5.56 Å². The number of carbonyl (C=O) groups excluding carboxylic acids is 1. The lowest BCUT2D eigenvalue weighted by molar-refractivity contribution is -0.137. The highest BCUT2D eigenvalue weighted by atomic mass is 79.9. The van der Waals surface area contributed by atoms with Crippen molar-refractivity contribution in [3.05, 3.63) is 94.0 Å². The van der Waals surface area contributed by atoms with Crippen LogP contribution in [0.5, 0.6) is 5.75 Å². The molecule has 3 aromatic carbocycles. The summed E-state index contributed by atoms with van der Waals surface area (Å²) < 4.78 is 69.6. The first-order chi connectivity index (χ1) is 16.3. The Kier molecular flexibility index (Phi) is 8.27. The van der Waals surface area contributed by atoms with Crippen LogP contribution in [0.3, 0.4) is 0 Å². The smallest absolute Gasteiger partial charge is 0.379 e. The molecule has 0 radical (unpaired) electrons. The van der Waals surface area contributed by atoms with E-state index in [1.165, 1.54) is 12.1 Å². The first-order valence-electron chi connectivity index (χ1n) is 10.6. The summed E-state index contributed by atoms with van der Waals surface area (Å²) >= 11 is 3.37. The maximum absolute atomic E-state index is 13.1. The molecule has 186 valence electrons. The van der Waals surface area contributed by atoms with Crippen molar-refractivity contribution in [3.8, 4) is 5.75 Å². The van der Waals surface area contributed by atoms with E-state index >= 15 is 0 Å². The maximum Gasteiger partial charge on any atom is 0.416 e. The summed E-state index contributed by atoms with van der Waals surface area (Å²) in [5.41, 5.74) is 0.183. The molecule has 0 aliphatic heterocycles. The standard InChI is InChI=1S/C25H23BrF3NO4S/c1-17(2)15-30(24(31)19-5-3-7-21(26)13-19)16-18-9-11-22(12-10-18)34-35(32,33)23-8-4-6-20(14-23)25(27,28)29/h3-14,17H,15-16H2,1-2H3. The molecule has 10 heteroatoms. The summed E-state index contributed by atoms with van der Waals surface area (Å²) in [6.45, 7) is 4.78. The van der Waals surface area contributed by atoms with Crippen LogP contribution in [0.4, 0.5) is 13.2 Å². The van der Waals surface area contributed by atoms with Crippen molar-refractivity contribution in [1.82, 2.24) is 4.90 Å². The Morgan fingerprint density at radius 3 is 2.26 bits per heavy atom. The van der Waals surface area contributed by atoms with Gasteiger partial charge in [0.25, 0.3) is 5.91 Å². The minimum absolute atomic E-state index is 0.0557. The van der Waals surface area contributed by atoms with Crippen molar-refractivity contribution in [2.24, 2.45) is 5.92 Å². The Hall–Kier alpha value is -2.85. The normalized spacial score (nSPS) is 12.0. The Labute approximate surface area is 210 Å². The molecule has 5 nitrogen and oxygen atoms in total. The lowest BCUT2D eigenvalue weighted by atomic mass is 10.1. The number of amides is 1. The topological polar surface area (TPSA) is 63.7 Å². The molecule has 3 rings (SSSR count). The average Bonchev–Trinajstić information content (AvgIpc) is 2.78. The zero-order chi connectivity index (χ0) is 25.8. The minimum atomic E-state index is -4.68. The predicted octanol–water partition coefficient (Wildman–Crippen LogP) is 6.53. The molecule has 3 aromatic rings. The van der Waals surface area contributed by atoms with Gasteiger partial charge in [-0.25, -0.2) is 0 Å². The summed E-state index contributed by atoms with van der Waals surface area (Å²) in [7, 11) is -4.47. The van der Waals surface area contributed by atoms with Gasteiger partial charge in [0.15, 0.2) is 0 Å². The molecule has 0 saturated heterocycles. The first kappa shape index (κ1) is 26.7. The van der Waals surface area contributed by atoms with E-state index in [2.05, 4.69) is 15.9 Å². The molecule has 35 heavy (non-hydrogen) atoms. The summed E-state index contributed by atoms with van der Waals surface area (Å²) in [6, 6.07) is 16.5. The molecule has 0 aliphatic carbocycles. The van der Waals surface area contributed by atoms with Gasteiger partial charge < -0.3 is 9.08 Å². The fourth-order valence-corrected chi connectivity index (χ4v) is 4.71. The number of alkyl halides is 3. The molecular weight excluding hydrogens is 547 g/mol. The lowest BCUT2D eigenvalue weighted by Crippen LogP contribution is -2.33. The van der Waals surface area contributed by atoms with Crippen molar-refractivity contribution in [3.63, 3.8) is 0 Å². The Morgan fingerprint density at radius 2 is 1.66 bits per heavy atom. The Morgan fingerprint density at radius 1 is 1.00 bits per heavy atom. The molecular formula is C25H23BrF3NO4S. The second-order valence-electron chi connectivity index (χ2n) is 8.30. The Bertz CT molecular complexity index is 1290. The van der Waals surface area contributed by atoms with Crippen molar-refractivity contribution >= 4 is 32.0 Å². The number of hydrogen-bond acceptors (Lipinski definition) is 4. The fourth-order valence-electron chi connectivity index (χ4n) is 3.34. The third-order valence-corrected chi connectivity index (χ3v) is 6.63. The number of halogens is 4. The summed E-state index contributed by atoms with van der Waals surface area (Å²) in [6.07, 6.45) is -4.68. The maximum atomic E-state index is 13.1. The average molecular weight is 570 g/mol. The molecule has 0 fully saturated rings. The van der Waals surface area contributed by atoms with E-state index < -0.39 is 26.8 Å². The van der Waals surface area contributed by atoms with Crippen LogP contribution in [0.25, 0.3) is 0 Å². The van der Waals surface area contributed by atoms with Crippen LogP contribution in [0.2, 0.25) is 0 Å². The molecule has 1 amide bonds. The highest BCUT2D eigenvalue weighted by Crippen LogP contribution is 2.31. The zero-order valence-electron chi connectivity index (χ0n) is 18.9. The van der Waals surface area contributed by atoms with Gasteiger partial charge in [-0.2, -0.15) is 21.6 Å². The van der Waals surface area contributed by atoms with Crippen LogP contribution >= 0.6 is 15.9 Å². The summed E-state index contributed by atoms with van der Waals surface area (Å²) in [5.74, 6) is 0.0126. The lowest BCUT2D eigenvalue weighted by Gasteiger charge is -2.25. The molecule has 0 N–H and O–H groups in total. The van der Waals surface area contributed by atoms with E-state index in [-0.39, 0.29) is 24.1 Å². The first-order valence-corrected chi connectivity index (χ1v) is 12.8. The van der Waals surface area contributed by atoms with Crippen LogP contribution in [0.15, 0.2) is 82.2 Å². The Balaban J connectivity index is 1.76. The summed E-state index contributed by atoms with van der Waals surface area (Å²) in [4.78, 5) is 14.2. The number of carbonyl (C=O) groups is 1. The van der Waals surface area contributed by atoms with Crippen molar-refractivity contribution in [2.45, 2.75) is 31.5 Å². The van der Waals surface area contributed by atoms with Crippen LogP contribution in [-0.4, -0.2) is 25.8 Å². The van der Waals surface area contributed by atoms with E-state index in [0.717, 1.165) is 28.2 Å². The zero-order valence-corrected chi connectivity index (χ0v) is 21.3. The van der Waals surface area contributed by atoms with E-state index in [1.807, 2.05) is 19.9 Å². The molecule has 0 bridgehead atoms. The third-order valence-electron chi connectivity index (χ3n) is 4.90. The SMILES string of the molecule is CC(C)CN(Cc1ccc(OS(=O)(=O)c2cccc(C(F)(F)F)c2)cc1)C(=O)c1cccc(Br)c1. The van der Waals surface area contributed by atoms with E-state index in [4.69, 9.17) is 4.18 Å². The van der Waals surface area contributed by atoms with Gasteiger partial charge in [0.1, 0.15) is 10.6 Å². The second kappa shape index (κ2) is 10.8. The van der Waals surface area contributed by atoms with Gasteiger partial charge in [-0.3, -0.25) is 4.79 Å². The van der Waals surface area contributed by atoms with Gasteiger partial charge in [-0.05, 0) is 60.0 Å². The summed E-state index contributed by atoms with van der Waals surface area (Å²) in [5, 5.41) is 0. The molecule has 0 spiro atoms. The quantitative estimate of drug-likeness (QED) is 0.289. The van der Waals surface area contributed by atoms with Crippen molar-refractivity contribution in [2.75, 3.05) is 6.54 Å². The second-order valence-corrected chi connectivity index (χ2v) is 10.8. The van der Waals surface area contributed by atoms with Crippen LogP contribution in [0.1, 0.15) is 35.3 Å². The van der Waals surface area contributed by atoms with E-state index in [9.17, 15) is 26.4 Å². The van der Waals surface area contributed by atoms with Crippen LogP contribution in [-0.2, 0) is 22.8 Å². The van der Waals surface area contributed by atoms with E-state index in [1.54, 1.807) is 35.2 Å². The predicted molar refractivity (Wildman–Crippen MR) is 129 cm³/mol. The highest BCUT2D eigenvalue weighted by molar-refractivity contribution is 9.10. The van der Waals surface area contributed by atoms with E-state index in [0.29, 0.717) is 18.2 Å². The third kappa shape index (κ3) is 7.32. The number of nitrogens with zero attached hydrogens (tertiary/aromatic N) is 1. The highest BCUT2D eigenvalue weighted by Gasteiger charge is 2.32. The van der Waals surface area contributed by atoms with Gasteiger partial charge >= 0.3 is 16.3 Å². The van der Waals surface area contributed by atoms with Gasteiger partial charge in [0.2, 0.25) is 0 Å².